The lowest BCUT2D eigenvalue weighted by Crippen LogP contribution is -2.47. The number of rotatable bonds is 9. The largest absolute Gasteiger partial charge is 0.354 e. The van der Waals surface area contributed by atoms with Crippen LogP contribution in [0.5, 0.6) is 0 Å². The monoisotopic (exact) mass is 437 g/mol. The summed E-state index contributed by atoms with van der Waals surface area (Å²) in [5.41, 5.74) is 0. The van der Waals surface area contributed by atoms with Crippen molar-refractivity contribution >= 4 is 27.7 Å². The molecule has 1 aliphatic carbocycles. The van der Waals surface area contributed by atoms with Crippen LogP contribution in [0.4, 0.5) is 0 Å². The van der Waals surface area contributed by atoms with Crippen LogP contribution >= 0.6 is 11.8 Å². The lowest BCUT2D eigenvalue weighted by molar-refractivity contribution is -0.121. The fourth-order valence-corrected chi connectivity index (χ4v) is 5.78. The van der Waals surface area contributed by atoms with E-state index in [0.29, 0.717) is 17.5 Å². The van der Waals surface area contributed by atoms with Crippen LogP contribution in [0, 0.1) is 6.92 Å². The molecular weight excluding hydrogens is 410 g/mol. The number of carbonyl (C=O) groups is 1. The number of H-pyrrole nitrogens is 1. The highest BCUT2D eigenvalue weighted by molar-refractivity contribution is 7.99. The van der Waals surface area contributed by atoms with E-state index in [-0.39, 0.29) is 23.4 Å². The van der Waals surface area contributed by atoms with Gasteiger partial charge < -0.3 is 5.32 Å². The van der Waals surface area contributed by atoms with Crippen LogP contribution in [0.1, 0.15) is 37.9 Å². The zero-order valence-electron chi connectivity index (χ0n) is 16.5. The third-order valence-electron chi connectivity index (χ3n) is 4.86. The fraction of sp³-hybridized carbons (Fsp3) is 0.526. The maximum Gasteiger partial charge on any atom is 0.243 e. The molecule has 0 atom stereocenters. The van der Waals surface area contributed by atoms with E-state index in [1.807, 2.05) is 6.92 Å². The Morgan fingerprint density at radius 2 is 1.97 bits per heavy atom. The molecule has 10 heteroatoms. The predicted octanol–water partition coefficient (Wildman–Crippen LogP) is 2.35. The summed E-state index contributed by atoms with van der Waals surface area (Å²) in [6.45, 7) is 2.08. The number of thioether (sulfide) groups is 1. The summed E-state index contributed by atoms with van der Waals surface area (Å²) in [5, 5.41) is 10.3. The maximum absolute atomic E-state index is 13.2. The Labute approximate surface area is 175 Å². The van der Waals surface area contributed by atoms with E-state index in [9.17, 15) is 13.2 Å². The molecule has 0 spiro atoms. The summed E-state index contributed by atoms with van der Waals surface area (Å²) in [4.78, 5) is 17.0. The van der Waals surface area contributed by atoms with Crippen LogP contribution in [0.25, 0.3) is 0 Å². The second-order valence-corrected chi connectivity index (χ2v) is 10.0. The molecule has 1 aromatic heterocycles. The number of aromatic amines is 1. The molecule has 0 saturated heterocycles. The van der Waals surface area contributed by atoms with Crippen LogP contribution < -0.4 is 5.32 Å². The first-order valence-electron chi connectivity index (χ1n) is 9.82. The molecular formula is C19H27N5O3S2. The van der Waals surface area contributed by atoms with Gasteiger partial charge in [0, 0.05) is 18.3 Å². The summed E-state index contributed by atoms with van der Waals surface area (Å²) in [6.07, 6.45) is 4.66. The number of nitrogens with zero attached hydrogens (tertiary/aromatic N) is 3. The van der Waals surface area contributed by atoms with Crippen molar-refractivity contribution < 1.29 is 13.2 Å². The van der Waals surface area contributed by atoms with Gasteiger partial charge in [0.25, 0.3) is 0 Å². The van der Waals surface area contributed by atoms with Crippen molar-refractivity contribution in [2.24, 2.45) is 0 Å². The van der Waals surface area contributed by atoms with Gasteiger partial charge in [-0.25, -0.2) is 13.4 Å². The highest BCUT2D eigenvalue weighted by Crippen LogP contribution is 2.27. The van der Waals surface area contributed by atoms with Gasteiger partial charge in [0.1, 0.15) is 5.82 Å². The van der Waals surface area contributed by atoms with Crippen molar-refractivity contribution in [1.82, 2.24) is 24.8 Å². The molecule has 0 bridgehead atoms. The van der Waals surface area contributed by atoms with E-state index in [2.05, 4.69) is 20.5 Å². The Kier molecular flexibility index (Phi) is 7.68. The Morgan fingerprint density at radius 1 is 1.24 bits per heavy atom. The molecule has 8 nitrogen and oxygen atoms in total. The Balaban J connectivity index is 1.61. The van der Waals surface area contributed by atoms with Crippen molar-refractivity contribution in [3.8, 4) is 0 Å². The third kappa shape index (κ3) is 6.03. The van der Waals surface area contributed by atoms with Gasteiger partial charge in [-0.05, 0) is 31.9 Å². The van der Waals surface area contributed by atoms with Gasteiger partial charge in [0.15, 0.2) is 0 Å². The van der Waals surface area contributed by atoms with Crippen molar-refractivity contribution in [3.63, 3.8) is 0 Å². The minimum Gasteiger partial charge on any atom is -0.354 e. The molecule has 2 aromatic rings. The SMILES string of the molecule is Cc1nc(SCCNC(=O)CN(C2CCCCC2)S(=O)(=O)c2ccccc2)n[nH]1. The Hall–Kier alpha value is -1.91. The molecule has 1 amide bonds. The van der Waals surface area contributed by atoms with Gasteiger partial charge in [0.2, 0.25) is 21.1 Å². The van der Waals surface area contributed by atoms with E-state index in [1.165, 1.54) is 16.1 Å². The smallest absolute Gasteiger partial charge is 0.243 e. The first-order chi connectivity index (χ1) is 14.0. The highest BCUT2D eigenvalue weighted by Gasteiger charge is 2.33. The highest BCUT2D eigenvalue weighted by atomic mass is 32.2. The summed E-state index contributed by atoms with van der Waals surface area (Å²) >= 11 is 1.43. The van der Waals surface area contributed by atoms with E-state index < -0.39 is 10.0 Å². The summed E-state index contributed by atoms with van der Waals surface area (Å²) in [6, 6.07) is 8.22. The number of aromatic nitrogens is 3. The van der Waals surface area contributed by atoms with Gasteiger partial charge in [-0.2, -0.15) is 4.31 Å². The summed E-state index contributed by atoms with van der Waals surface area (Å²) in [7, 11) is -3.72. The van der Waals surface area contributed by atoms with Crippen LogP contribution in [0.2, 0.25) is 0 Å². The topological polar surface area (TPSA) is 108 Å². The molecule has 0 unspecified atom stereocenters. The Morgan fingerprint density at radius 3 is 2.62 bits per heavy atom. The number of sulfonamides is 1. The van der Waals surface area contributed by atoms with Crippen molar-refractivity contribution in [2.45, 2.75) is 55.1 Å². The van der Waals surface area contributed by atoms with Gasteiger partial charge in [0.05, 0.1) is 11.4 Å². The van der Waals surface area contributed by atoms with E-state index in [4.69, 9.17) is 0 Å². The number of amides is 1. The summed E-state index contributed by atoms with van der Waals surface area (Å²) in [5.74, 6) is 1.06. The lowest BCUT2D eigenvalue weighted by atomic mass is 9.95. The van der Waals surface area contributed by atoms with Crippen LogP contribution in [0.3, 0.4) is 0 Å². The van der Waals surface area contributed by atoms with Crippen LogP contribution in [0.15, 0.2) is 40.4 Å². The lowest BCUT2D eigenvalue weighted by Gasteiger charge is -2.33. The maximum atomic E-state index is 13.2. The van der Waals surface area contributed by atoms with E-state index in [0.717, 1.165) is 37.9 Å². The first kappa shape index (κ1) is 21.8. The van der Waals surface area contributed by atoms with Crippen LogP contribution in [-0.2, 0) is 14.8 Å². The van der Waals surface area contributed by atoms with E-state index in [1.54, 1.807) is 30.3 Å². The molecule has 1 aliphatic rings. The molecule has 3 rings (SSSR count). The van der Waals surface area contributed by atoms with Crippen LogP contribution in [-0.4, -0.2) is 58.7 Å². The van der Waals surface area contributed by atoms with Gasteiger partial charge in [-0.1, -0.05) is 49.2 Å². The molecule has 1 aromatic carbocycles. The molecule has 1 saturated carbocycles. The average molecular weight is 438 g/mol. The zero-order valence-corrected chi connectivity index (χ0v) is 18.1. The minimum absolute atomic E-state index is 0.134. The van der Waals surface area contributed by atoms with Gasteiger partial charge >= 0.3 is 0 Å². The molecule has 0 aliphatic heterocycles. The first-order valence-corrected chi connectivity index (χ1v) is 12.2. The second-order valence-electron chi connectivity index (χ2n) is 7.06. The van der Waals surface area contributed by atoms with Crippen molar-refractivity contribution in [2.75, 3.05) is 18.8 Å². The molecule has 1 heterocycles. The van der Waals surface area contributed by atoms with Crippen molar-refractivity contribution in [3.05, 3.63) is 36.2 Å². The number of aryl methyl sites for hydroxylation is 1. The third-order valence-corrected chi connectivity index (χ3v) is 7.62. The number of nitrogens with one attached hydrogen (secondary N) is 2. The number of hydrogen-bond acceptors (Lipinski definition) is 6. The average Bonchev–Trinajstić information content (AvgIpc) is 3.15. The number of benzene rings is 1. The standard InChI is InChI=1S/C19H27N5O3S2/c1-15-21-19(23-22-15)28-13-12-20-18(25)14-24(16-8-4-2-5-9-16)29(26,27)17-10-6-3-7-11-17/h3,6-7,10-11,16H,2,4-5,8-9,12-14H2,1H3,(H,20,25)(H,21,22,23). The van der Waals surface area contributed by atoms with E-state index >= 15 is 0 Å². The Bertz CT molecular complexity index is 896. The molecule has 158 valence electrons. The normalized spacial score (nSPS) is 15.5. The zero-order chi connectivity index (χ0) is 20.7. The van der Waals surface area contributed by atoms with Gasteiger partial charge in [-0.15, -0.1) is 5.10 Å². The van der Waals surface area contributed by atoms with Crippen molar-refractivity contribution in [1.29, 1.82) is 0 Å². The quantitative estimate of drug-likeness (QED) is 0.460. The molecule has 2 N–H and O–H groups in total. The van der Waals surface area contributed by atoms with Gasteiger partial charge in [-0.3, -0.25) is 9.89 Å². The molecule has 0 radical (unpaired) electrons. The molecule has 1 fully saturated rings. The molecule has 29 heavy (non-hydrogen) atoms. The minimum atomic E-state index is -3.72. The number of carbonyl (C=O) groups excluding carboxylic acids is 1. The summed E-state index contributed by atoms with van der Waals surface area (Å²) < 4.78 is 27.8. The second kappa shape index (κ2) is 10.2. The predicted molar refractivity (Wildman–Crippen MR) is 112 cm³/mol. The number of hydrogen-bond donors (Lipinski definition) is 2. The fourth-order valence-electron chi connectivity index (χ4n) is 3.42.